The highest BCUT2D eigenvalue weighted by Crippen LogP contribution is 2.15. The minimum atomic E-state index is -0.0880. The Kier molecular flexibility index (Phi) is 3.89. The van der Waals surface area contributed by atoms with Gasteiger partial charge in [0.05, 0.1) is 12.2 Å². The first-order valence-corrected chi connectivity index (χ1v) is 6.00. The molecule has 0 aliphatic rings. The molecule has 1 aromatic carbocycles. The average molecular weight is 243 g/mol. The van der Waals surface area contributed by atoms with Crippen LogP contribution >= 0.6 is 0 Å². The number of aryl methyl sites for hydroxylation is 1. The van der Waals surface area contributed by atoms with Gasteiger partial charge < -0.3 is 5.73 Å². The molecule has 0 spiro atoms. The van der Waals surface area contributed by atoms with Crippen LogP contribution in [0.4, 0.5) is 0 Å². The van der Waals surface area contributed by atoms with Crippen LogP contribution in [-0.4, -0.2) is 16.3 Å². The monoisotopic (exact) mass is 243 g/mol. The second-order valence-electron chi connectivity index (χ2n) is 4.34. The third-order valence-corrected chi connectivity index (χ3v) is 2.95. The summed E-state index contributed by atoms with van der Waals surface area (Å²) in [5.74, 6) is 0.109. The third kappa shape index (κ3) is 2.84. The molecule has 1 unspecified atom stereocenters. The van der Waals surface area contributed by atoms with Crippen molar-refractivity contribution in [3.05, 3.63) is 64.1 Å². The van der Waals surface area contributed by atoms with Gasteiger partial charge in [-0.3, -0.25) is 4.79 Å². The first-order valence-electron chi connectivity index (χ1n) is 6.00. The summed E-state index contributed by atoms with van der Waals surface area (Å²) in [5, 5.41) is 4.23. The fourth-order valence-electron chi connectivity index (χ4n) is 1.93. The molecular weight excluding hydrogens is 226 g/mol. The van der Waals surface area contributed by atoms with E-state index in [2.05, 4.69) is 5.10 Å². The minimum Gasteiger partial charge on any atom is -0.330 e. The minimum absolute atomic E-state index is 0.0880. The van der Waals surface area contributed by atoms with Crippen LogP contribution in [0.15, 0.2) is 47.3 Å². The summed E-state index contributed by atoms with van der Waals surface area (Å²) in [4.78, 5) is 11.7. The molecule has 2 aromatic rings. The van der Waals surface area contributed by atoms with Crippen LogP contribution < -0.4 is 11.3 Å². The Morgan fingerprint density at radius 2 is 1.94 bits per heavy atom. The van der Waals surface area contributed by atoms with E-state index in [1.54, 1.807) is 12.1 Å². The molecule has 1 heterocycles. The summed E-state index contributed by atoms with van der Waals surface area (Å²) in [6.45, 7) is 2.88. The van der Waals surface area contributed by atoms with E-state index >= 15 is 0 Å². The maximum Gasteiger partial charge on any atom is 0.266 e. The van der Waals surface area contributed by atoms with Crippen molar-refractivity contribution in [3.8, 4) is 0 Å². The quantitative estimate of drug-likeness (QED) is 0.880. The number of aromatic nitrogens is 2. The van der Waals surface area contributed by atoms with Crippen LogP contribution in [0, 0.1) is 6.92 Å². The standard InChI is InChI=1S/C14H17N3O/c1-11-7-8-14(18)17(16-11)10-13(9-15)12-5-3-2-4-6-12/h2-8,13H,9-10,15H2,1H3. The van der Waals surface area contributed by atoms with E-state index in [0.29, 0.717) is 13.1 Å². The molecule has 2 N–H and O–H groups in total. The van der Waals surface area contributed by atoms with Gasteiger partial charge in [-0.2, -0.15) is 5.10 Å². The average Bonchev–Trinajstić information content (AvgIpc) is 2.41. The number of hydrogen-bond acceptors (Lipinski definition) is 3. The van der Waals surface area contributed by atoms with Crippen molar-refractivity contribution in [3.63, 3.8) is 0 Å². The number of nitrogens with two attached hydrogens (primary N) is 1. The fraction of sp³-hybridized carbons (Fsp3) is 0.286. The Morgan fingerprint density at radius 1 is 1.22 bits per heavy atom. The molecule has 0 saturated heterocycles. The molecule has 4 heteroatoms. The molecule has 2 rings (SSSR count). The molecule has 0 bridgehead atoms. The van der Waals surface area contributed by atoms with Crippen molar-refractivity contribution in [1.29, 1.82) is 0 Å². The van der Waals surface area contributed by atoms with Gasteiger partial charge in [0.15, 0.2) is 0 Å². The summed E-state index contributed by atoms with van der Waals surface area (Å²) in [7, 11) is 0. The number of benzene rings is 1. The second kappa shape index (κ2) is 5.60. The lowest BCUT2D eigenvalue weighted by molar-refractivity contribution is 0.494. The Morgan fingerprint density at radius 3 is 2.61 bits per heavy atom. The zero-order valence-electron chi connectivity index (χ0n) is 10.4. The fourth-order valence-corrected chi connectivity index (χ4v) is 1.93. The van der Waals surface area contributed by atoms with Gasteiger partial charge >= 0.3 is 0 Å². The molecule has 1 aromatic heterocycles. The van der Waals surface area contributed by atoms with Crippen molar-refractivity contribution in [2.45, 2.75) is 19.4 Å². The molecule has 0 radical (unpaired) electrons. The van der Waals surface area contributed by atoms with E-state index in [0.717, 1.165) is 11.3 Å². The molecule has 0 saturated carbocycles. The highest BCUT2D eigenvalue weighted by Gasteiger charge is 2.11. The van der Waals surface area contributed by atoms with Crippen LogP contribution in [0.3, 0.4) is 0 Å². The van der Waals surface area contributed by atoms with Crippen LogP contribution in [0.2, 0.25) is 0 Å². The van der Waals surface area contributed by atoms with E-state index < -0.39 is 0 Å². The lowest BCUT2D eigenvalue weighted by Gasteiger charge is -2.16. The highest BCUT2D eigenvalue weighted by atomic mass is 16.1. The Balaban J connectivity index is 2.26. The highest BCUT2D eigenvalue weighted by molar-refractivity contribution is 5.19. The van der Waals surface area contributed by atoms with Crippen LogP contribution in [0.5, 0.6) is 0 Å². The van der Waals surface area contributed by atoms with Crippen molar-refractivity contribution in [2.75, 3.05) is 6.54 Å². The summed E-state index contributed by atoms with van der Waals surface area (Å²) < 4.78 is 1.49. The Bertz CT molecular complexity index is 563. The van der Waals surface area contributed by atoms with Crippen LogP contribution in [-0.2, 0) is 6.54 Å². The molecule has 0 aliphatic heterocycles. The lowest BCUT2D eigenvalue weighted by atomic mass is 9.99. The van der Waals surface area contributed by atoms with Gasteiger partial charge in [-0.1, -0.05) is 30.3 Å². The third-order valence-electron chi connectivity index (χ3n) is 2.95. The molecule has 1 atom stereocenters. The largest absolute Gasteiger partial charge is 0.330 e. The van der Waals surface area contributed by atoms with Crippen molar-refractivity contribution in [1.82, 2.24) is 9.78 Å². The van der Waals surface area contributed by atoms with Gasteiger partial charge in [-0.25, -0.2) is 4.68 Å². The zero-order valence-corrected chi connectivity index (χ0v) is 10.4. The molecule has 18 heavy (non-hydrogen) atoms. The second-order valence-corrected chi connectivity index (χ2v) is 4.34. The van der Waals surface area contributed by atoms with Gasteiger partial charge in [0.25, 0.3) is 5.56 Å². The number of hydrogen-bond donors (Lipinski definition) is 1. The molecule has 94 valence electrons. The molecule has 0 amide bonds. The van der Waals surface area contributed by atoms with Gasteiger partial charge in [-0.05, 0) is 18.6 Å². The van der Waals surface area contributed by atoms with Gasteiger partial charge in [-0.15, -0.1) is 0 Å². The van der Waals surface area contributed by atoms with Gasteiger partial charge in [0, 0.05) is 18.5 Å². The summed E-state index contributed by atoms with van der Waals surface area (Å²) in [6, 6.07) is 13.2. The van der Waals surface area contributed by atoms with E-state index in [1.165, 1.54) is 4.68 Å². The predicted molar refractivity (Wildman–Crippen MR) is 71.5 cm³/mol. The van der Waals surface area contributed by atoms with E-state index in [1.807, 2.05) is 37.3 Å². The summed E-state index contributed by atoms with van der Waals surface area (Å²) in [5.41, 5.74) is 7.68. The summed E-state index contributed by atoms with van der Waals surface area (Å²) >= 11 is 0. The molecular formula is C14H17N3O. The molecule has 0 aliphatic carbocycles. The van der Waals surface area contributed by atoms with E-state index in [4.69, 9.17) is 5.73 Å². The molecule has 4 nitrogen and oxygen atoms in total. The first-order chi connectivity index (χ1) is 8.70. The SMILES string of the molecule is Cc1ccc(=O)n(CC(CN)c2ccccc2)n1. The van der Waals surface area contributed by atoms with E-state index in [9.17, 15) is 4.79 Å². The maximum absolute atomic E-state index is 11.7. The normalized spacial score (nSPS) is 12.3. The Hall–Kier alpha value is -1.94. The topological polar surface area (TPSA) is 60.9 Å². The first kappa shape index (κ1) is 12.5. The maximum atomic E-state index is 11.7. The van der Waals surface area contributed by atoms with Crippen LogP contribution in [0.25, 0.3) is 0 Å². The number of rotatable bonds is 4. The van der Waals surface area contributed by atoms with Gasteiger partial charge in [0.2, 0.25) is 0 Å². The Labute approximate surface area is 106 Å². The number of nitrogens with zero attached hydrogens (tertiary/aromatic N) is 2. The van der Waals surface area contributed by atoms with Crippen LogP contribution in [0.1, 0.15) is 17.2 Å². The molecule has 0 fully saturated rings. The van der Waals surface area contributed by atoms with Gasteiger partial charge in [0.1, 0.15) is 0 Å². The van der Waals surface area contributed by atoms with E-state index in [-0.39, 0.29) is 11.5 Å². The predicted octanol–water partition coefficient (Wildman–Crippen LogP) is 1.29. The van der Waals surface area contributed by atoms with Crippen molar-refractivity contribution in [2.24, 2.45) is 5.73 Å². The lowest BCUT2D eigenvalue weighted by Crippen LogP contribution is -2.28. The summed E-state index contributed by atoms with van der Waals surface area (Å²) in [6.07, 6.45) is 0. The zero-order chi connectivity index (χ0) is 13.0. The van der Waals surface area contributed by atoms with Crippen molar-refractivity contribution < 1.29 is 0 Å². The van der Waals surface area contributed by atoms with Crippen molar-refractivity contribution >= 4 is 0 Å². The smallest absolute Gasteiger partial charge is 0.266 e.